The second-order valence-corrected chi connectivity index (χ2v) is 10.8. The van der Waals surface area contributed by atoms with Crippen LogP contribution in [0.25, 0.3) is 11.1 Å². The van der Waals surface area contributed by atoms with Gasteiger partial charge in [0.25, 0.3) is 0 Å². The fourth-order valence-corrected chi connectivity index (χ4v) is 3.02. The zero-order valence-corrected chi connectivity index (χ0v) is 25.6. The lowest BCUT2D eigenvalue weighted by atomic mass is 9.88. The molecule has 0 bridgehead atoms. The van der Waals surface area contributed by atoms with E-state index in [-0.39, 0.29) is 8.03 Å². The highest BCUT2D eigenvalue weighted by molar-refractivity contribution is 5.98. The molecule has 1 aliphatic carbocycles. The van der Waals surface area contributed by atoms with E-state index < -0.39 is 0 Å². The highest BCUT2D eigenvalue weighted by Crippen LogP contribution is 2.28. The first-order chi connectivity index (χ1) is 17.4. The number of aromatic nitrogens is 1. The van der Waals surface area contributed by atoms with Crippen LogP contribution in [-0.4, -0.2) is 23.8 Å². The van der Waals surface area contributed by atoms with Gasteiger partial charge in [0.15, 0.2) is 0 Å². The van der Waals surface area contributed by atoms with Crippen LogP contribution in [0.15, 0.2) is 36.4 Å². The molecular weight excluding hydrogens is 454 g/mol. The molecule has 0 aliphatic heterocycles. The van der Waals surface area contributed by atoms with Crippen molar-refractivity contribution in [3.05, 3.63) is 58.8 Å². The number of aliphatic hydroxyl groups is 1. The second-order valence-electron chi connectivity index (χ2n) is 10.8. The number of hydrogen-bond acceptors (Lipinski definition) is 3. The van der Waals surface area contributed by atoms with Crippen LogP contribution in [0.3, 0.4) is 0 Å². The summed E-state index contributed by atoms with van der Waals surface area (Å²) in [7, 11) is 1.63. The average molecular weight is 510 g/mol. The zero-order valence-electron chi connectivity index (χ0n) is 25.6. The number of aryl methyl sites for hydroxylation is 2. The molecule has 0 amide bonds. The van der Waals surface area contributed by atoms with E-state index in [4.69, 9.17) is 9.84 Å². The minimum atomic E-state index is 0. The number of nitrogens with zero attached hydrogens (tertiary/aromatic N) is 1. The van der Waals surface area contributed by atoms with Crippen molar-refractivity contribution in [2.24, 2.45) is 11.3 Å². The summed E-state index contributed by atoms with van der Waals surface area (Å²) in [5.74, 6) is 8.22. The number of aliphatic hydroxyl groups excluding tert-OH is 1. The third-order valence-electron chi connectivity index (χ3n) is 6.24. The van der Waals surface area contributed by atoms with Gasteiger partial charge in [-0.15, -0.1) is 0 Å². The van der Waals surface area contributed by atoms with Crippen LogP contribution < -0.4 is 4.74 Å². The van der Waals surface area contributed by atoms with Crippen molar-refractivity contribution < 1.29 is 11.3 Å². The van der Waals surface area contributed by atoms with Crippen LogP contribution in [0.1, 0.15) is 111 Å². The van der Waals surface area contributed by atoms with Crippen LogP contribution in [-0.2, 0) is 0 Å². The number of methoxy groups -OCH3 is 1. The fraction of sp³-hybridized carbons (Fsp3) is 0.559. The van der Waals surface area contributed by atoms with Gasteiger partial charge in [0.2, 0.25) is 5.88 Å². The lowest BCUT2D eigenvalue weighted by Gasteiger charge is -2.18. The van der Waals surface area contributed by atoms with Gasteiger partial charge in [-0.3, -0.25) is 0 Å². The highest BCUT2D eigenvalue weighted by Gasteiger charge is 2.11. The first-order valence-electron chi connectivity index (χ1n) is 13.8. The minimum Gasteiger partial charge on any atom is -0.481 e. The second kappa shape index (κ2) is 18.6. The molecule has 208 valence electrons. The fourth-order valence-electron chi connectivity index (χ4n) is 3.02. The lowest BCUT2D eigenvalue weighted by molar-refractivity contribution is 0.318. The summed E-state index contributed by atoms with van der Waals surface area (Å²) in [6.07, 6.45) is 6.56. The Balaban J connectivity index is 0. The number of rotatable bonds is 3. The van der Waals surface area contributed by atoms with E-state index in [1.165, 1.54) is 42.4 Å². The smallest absolute Gasteiger partial charge is 0.213 e. The maximum absolute atomic E-state index is 7.57. The number of pyridine rings is 1. The van der Waals surface area contributed by atoms with E-state index in [1.54, 1.807) is 14.0 Å². The monoisotopic (exact) mass is 509 g/mol. The number of hydrogen-bond donors (Lipinski definition) is 1. The molecule has 2 aromatic rings. The van der Waals surface area contributed by atoms with Crippen LogP contribution in [0.2, 0.25) is 0 Å². The summed E-state index contributed by atoms with van der Waals surface area (Å²) >= 11 is 0. The van der Waals surface area contributed by atoms with E-state index in [9.17, 15) is 0 Å². The molecule has 1 N–H and O–H groups in total. The Hall–Kier alpha value is -2.57. The summed E-state index contributed by atoms with van der Waals surface area (Å²) in [6.45, 7) is 21.4. The maximum Gasteiger partial charge on any atom is 0.213 e. The van der Waals surface area contributed by atoms with Crippen molar-refractivity contribution in [3.8, 4) is 17.7 Å². The van der Waals surface area contributed by atoms with Gasteiger partial charge in [0.05, 0.1) is 7.11 Å². The molecule has 1 aliphatic rings. The maximum atomic E-state index is 7.57. The van der Waals surface area contributed by atoms with Crippen molar-refractivity contribution in [3.63, 3.8) is 0 Å². The van der Waals surface area contributed by atoms with Crippen molar-refractivity contribution in [2.45, 2.75) is 101 Å². The number of benzene rings is 1. The summed E-state index contributed by atoms with van der Waals surface area (Å²) in [6, 6.07) is 12.5. The normalized spacial score (nSPS) is 13.0. The van der Waals surface area contributed by atoms with Crippen LogP contribution in [0, 0.1) is 37.0 Å². The molecule has 37 heavy (non-hydrogen) atoms. The first-order valence-corrected chi connectivity index (χ1v) is 13.8. The predicted octanol–water partition coefficient (Wildman–Crippen LogP) is 9.54. The summed E-state index contributed by atoms with van der Waals surface area (Å²) in [5, 5.41) is 7.57. The molecule has 0 atom stereocenters. The first kappa shape index (κ1) is 34.4. The molecule has 0 saturated heterocycles. The van der Waals surface area contributed by atoms with E-state index in [0.29, 0.717) is 11.3 Å². The topological polar surface area (TPSA) is 42.4 Å². The van der Waals surface area contributed by atoms with E-state index in [0.717, 1.165) is 29.2 Å². The third-order valence-corrected chi connectivity index (χ3v) is 6.24. The molecule has 1 fully saturated rings. The SMILES string of the molecule is CC1CCC1.CCC#C/C(=C(/C)c1ccc(C)cc1)c1ccc(OC)nc1C.CCC(C)(C)C.CCO.[HH]. The van der Waals surface area contributed by atoms with Gasteiger partial charge in [-0.1, -0.05) is 109 Å². The van der Waals surface area contributed by atoms with Gasteiger partial charge in [0, 0.05) is 37.4 Å². The number of ether oxygens (including phenoxy) is 1. The zero-order chi connectivity index (χ0) is 28.4. The molecule has 1 saturated carbocycles. The Bertz CT molecular complexity index is 988. The predicted molar refractivity (Wildman–Crippen MR) is 165 cm³/mol. The van der Waals surface area contributed by atoms with Gasteiger partial charge in [-0.05, 0) is 56.2 Å². The third kappa shape index (κ3) is 14.7. The van der Waals surface area contributed by atoms with Crippen LogP contribution in [0.4, 0.5) is 0 Å². The van der Waals surface area contributed by atoms with Gasteiger partial charge >= 0.3 is 0 Å². The van der Waals surface area contributed by atoms with Gasteiger partial charge in [0.1, 0.15) is 0 Å². The van der Waals surface area contributed by atoms with Crippen molar-refractivity contribution in [1.29, 1.82) is 0 Å². The summed E-state index contributed by atoms with van der Waals surface area (Å²) < 4.78 is 5.21. The van der Waals surface area contributed by atoms with E-state index in [2.05, 4.69) is 96.5 Å². The lowest BCUT2D eigenvalue weighted by Crippen LogP contribution is -2.04. The Labute approximate surface area is 230 Å². The molecule has 3 nitrogen and oxygen atoms in total. The van der Waals surface area contributed by atoms with E-state index >= 15 is 0 Å². The molecule has 3 rings (SSSR count). The average Bonchev–Trinajstić information content (AvgIpc) is 2.84. The van der Waals surface area contributed by atoms with Gasteiger partial charge < -0.3 is 9.84 Å². The molecule has 0 radical (unpaired) electrons. The molecule has 1 aromatic carbocycles. The van der Waals surface area contributed by atoms with Crippen molar-refractivity contribution in [1.82, 2.24) is 4.98 Å². The van der Waals surface area contributed by atoms with Gasteiger partial charge in [-0.25, -0.2) is 4.98 Å². The van der Waals surface area contributed by atoms with Crippen molar-refractivity contribution in [2.75, 3.05) is 13.7 Å². The highest BCUT2D eigenvalue weighted by atomic mass is 16.5. The molecule has 3 heteroatoms. The molecule has 1 aromatic heterocycles. The number of allylic oxidation sites excluding steroid dienone is 2. The minimum absolute atomic E-state index is 0. The van der Waals surface area contributed by atoms with Crippen molar-refractivity contribution >= 4 is 11.1 Å². The molecular formula is C34H55NO2. The molecule has 1 heterocycles. The largest absolute Gasteiger partial charge is 0.481 e. The quantitative estimate of drug-likeness (QED) is 0.419. The van der Waals surface area contributed by atoms with E-state index in [1.807, 2.05) is 19.1 Å². The Morgan fingerprint density at radius 3 is 1.92 bits per heavy atom. The Morgan fingerprint density at radius 1 is 1.05 bits per heavy atom. The van der Waals surface area contributed by atoms with Gasteiger partial charge in [-0.2, -0.15) is 0 Å². The molecule has 0 unspecified atom stereocenters. The Morgan fingerprint density at radius 2 is 1.57 bits per heavy atom. The standard InChI is InChI=1S/C21H23NO.C6H14.C5H10.C2H6O.H2/c1-6-7-8-19(16(3)18-11-9-15(2)10-12-18)20-13-14-21(23-5)22-17(20)4;1-5-6(2,3)4;1-5-3-2-4-5;1-2-3;/h9-14H,6H2,1-5H3;5H2,1-4H3;5H,2-4H2,1H3;3H,2H2,1H3;1H/b19-16+;;;;. The summed E-state index contributed by atoms with van der Waals surface area (Å²) in [5.41, 5.74) is 7.17. The Kier molecular flexibility index (Phi) is 17.3. The summed E-state index contributed by atoms with van der Waals surface area (Å²) in [4.78, 5) is 4.49. The van der Waals surface area contributed by atoms with Crippen LogP contribution >= 0.6 is 0 Å². The molecule has 0 spiro atoms. The van der Waals surface area contributed by atoms with Crippen LogP contribution in [0.5, 0.6) is 5.88 Å².